The minimum absolute atomic E-state index is 0.00204. The Morgan fingerprint density at radius 3 is 2.45 bits per heavy atom. The van der Waals surface area contributed by atoms with Crippen molar-refractivity contribution in [2.45, 2.75) is 13.5 Å². The maximum atomic E-state index is 13.0. The van der Waals surface area contributed by atoms with Crippen molar-refractivity contribution < 1.29 is 4.79 Å². The van der Waals surface area contributed by atoms with Crippen molar-refractivity contribution >= 4 is 17.3 Å². The van der Waals surface area contributed by atoms with E-state index in [1.165, 1.54) is 5.56 Å². The highest BCUT2D eigenvalue weighted by molar-refractivity contribution is 5.93. The number of rotatable bonds is 5. The lowest BCUT2D eigenvalue weighted by molar-refractivity contribution is 0.0623. The highest BCUT2D eigenvalue weighted by Gasteiger charge is 2.23. The average molecular weight is 386 g/mol. The molecular weight excluding hydrogens is 360 g/mol. The van der Waals surface area contributed by atoms with Gasteiger partial charge in [0.2, 0.25) is 0 Å². The van der Waals surface area contributed by atoms with Crippen LogP contribution in [0.5, 0.6) is 0 Å². The lowest BCUT2D eigenvalue weighted by Gasteiger charge is -2.34. The summed E-state index contributed by atoms with van der Waals surface area (Å²) in [6.45, 7) is 6.19. The molecule has 0 saturated carbocycles. The van der Waals surface area contributed by atoms with Gasteiger partial charge in [0.25, 0.3) is 5.91 Å². The van der Waals surface area contributed by atoms with Gasteiger partial charge in [-0.3, -0.25) is 14.7 Å². The van der Waals surface area contributed by atoms with Crippen LogP contribution in [0.2, 0.25) is 0 Å². The summed E-state index contributed by atoms with van der Waals surface area (Å²) < 4.78 is 0. The lowest BCUT2D eigenvalue weighted by Crippen LogP contribution is -2.48. The SMILES string of the molecule is Cc1ccccc1Nc1ccnc(C(=O)N2CCN(Cc3ccccc3)CC2)c1. The molecule has 148 valence electrons. The van der Waals surface area contributed by atoms with Crippen LogP contribution in [0.1, 0.15) is 21.6 Å². The molecule has 1 aliphatic heterocycles. The summed E-state index contributed by atoms with van der Waals surface area (Å²) in [4.78, 5) is 21.6. The first-order valence-electron chi connectivity index (χ1n) is 10.0. The molecule has 0 spiro atoms. The molecule has 5 nitrogen and oxygen atoms in total. The molecule has 1 saturated heterocycles. The van der Waals surface area contributed by atoms with Crippen molar-refractivity contribution in [1.82, 2.24) is 14.8 Å². The van der Waals surface area contributed by atoms with Crippen LogP contribution >= 0.6 is 0 Å². The van der Waals surface area contributed by atoms with Crippen molar-refractivity contribution in [3.63, 3.8) is 0 Å². The number of carbonyl (C=O) groups excluding carboxylic acids is 1. The van der Waals surface area contributed by atoms with Crippen LogP contribution in [0.4, 0.5) is 11.4 Å². The van der Waals surface area contributed by atoms with Crippen molar-refractivity contribution in [3.8, 4) is 0 Å². The first-order chi connectivity index (χ1) is 14.2. The molecule has 0 aliphatic carbocycles. The van der Waals surface area contributed by atoms with E-state index in [1.54, 1.807) is 6.20 Å². The van der Waals surface area contributed by atoms with Crippen molar-refractivity contribution in [1.29, 1.82) is 0 Å². The Morgan fingerprint density at radius 1 is 0.966 bits per heavy atom. The fourth-order valence-corrected chi connectivity index (χ4v) is 3.61. The molecule has 3 aromatic rings. The second-order valence-corrected chi connectivity index (χ2v) is 7.42. The summed E-state index contributed by atoms with van der Waals surface area (Å²) in [6.07, 6.45) is 1.69. The summed E-state index contributed by atoms with van der Waals surface area (Å²) in [5, 5.41) is 3.39. The fraction of sp³-hybridized carbons (Fsp3) is 0.250. The van der Waals surface area contributed by atoms with Crippen molar-refractivity contribution in [2.24, 2.45) is 0 Å². The number of hydrogen-bond acceptors (Lipinski definition) is 4. The van der Waals surface area contributed by atoms with E-state index in [-0.39, 0.29) is 5.91 Å². The van der Waals surface area contributed by atoms with Gasteiger partial charge in [-0.1, -0.05) is 48.5 Å². The van der Waals surface area contributed by atoms with Crippen LogP contribution in [-0.2, 0) is 6.54 Å². The van der Waals surface area contributed by atoms with Crippen LogP contribution in [0.3, 0.4) is 0 Å². The Bertz CT molecular complexity index is 965. The number of pyridine rings is 1. The third kappa shape index (κ3) is 4.81. The van der Waals surface area contributed by atoms with Crippen LogP contribution in [0.25, 0.3) is 0 Å². The zero-order valence-corrected chi connectivity index (χ0v) is 16.7. The van der Waals surface area contributed by atoms with Gasteiger partial charge in [0.1, 0.15) is 5.69 Å². The smallest absolute Gasteiger partial charge is 0.272 e. The quantitative estimate of drug-likeness (QED) is 0.717. The van der Waals surface area contributed by atoms with Gasteiger partial charge in [-0.2, -0.15) is 0 Å². The van der Waals surface area contributed by atoms with E-state index >= 15 is 0 Å². The van der Waals surface area contributed by atoms with E-state index in [0.717, 1.165) is 49.7 Å². The van der Waals surface area contributed by atoms with E-state index in [4.69, 9.17) is 0 Å². The number of hydrogen-bond donors (Lipinski definition) is 1. The van der Waals surface area contributed by atoms with E-state index in [1.807, 2.05) is 41.3 Å². The number of nitrogens with one attached hydrogen (secondary N) is 1. The molecule has 1 amide bonds. The summed E-state index contributed by atoms with van der Waals surface area (Å²) in [6, 6.07) is 22.3. The van der Waals surface area contributed by atoms with E-state index in [0.29, 0.717) is 5.69 Å². The molecule has 0 bridgehead atoms. The standard InChI is InChI=1S/C24H26N4O/c1-19-7-5-6-10-22(19)26-21-11-12-25-23(17-21)24(29)28-15-13-27(14-16-28)18-20-8-3-2-4-9-20/h2-12,17H,13-16,18H2,1H3,(H,25,26). The van der Waals surface area contributed by atoms with Gasteiger partial charge in [0.05, 0.1) is 0 Å². The number of piperazine rings is 1. The largest absolute Gasteiger partial charge is 0.355 e. The zero-order chi connectivity index (χ0) is 20.1. The maximum Gasteiger partial charge on any atom is 0.272 e. The molecule has 5 heteroatoms. The Morgan fingerprint density at radius 2 is 1.69 bits per heavy atom. The Hall–Kier alpha value is -3.18. The molecule has 0 atom stereocenters. The average Bonchev–Trinajstić information content (AvgIpc) is 2.76. The van der Waals surface area contributed by atoms with Crippen LogP contribution in [0, 0.1) is 6.92 Å². The molecular formula is C24H26N4O. The first kappa shape index (κ1) is 19.2. The van der Waals surface area contributed by atoms with Gasteiger partial charge in [0.15, 0.2) is 0 Å². The second-order valence-electron chi connectivity index (χ2n) is 7.42. The van der Waals surface area contributed by atoms with Gasteiger partial charge in [-0.25, -0.2) is 0 Å². The number of carbonyl (C=O) groups is 1. The molecule has 1 N–H and O–H groups in total. The molecule has 1 aromatic heterocycles. The summed E-state index contributed by atoms with van der Waals surface area (Å²) in [5.41, 5.74) is 4.86. The second kappa shape index (κ2) is 8.88. The number of nitrogens with zero attached hydrogens (tertiary/aromatic N) is 3. The third-order valence-corrected chi connectivity index (χ3v) is 5.31. The zero-order valence-electron chi connectivity index (χ0n) is 16.7. The van der Waals surface area contributed by atoms with Gasteiger partial charge in [0, 0.05) is 50.3 Å². The predicted molar refractivity (Wildman–Crippen MR) is 116 cm³/mol. The minimum Gasteiger partial charge on any atom is -0.355 e. The highest BCUT2D eigenvalue weighted by Crippen LogP contribution is 2.21. The number of anilines is 2. The van der Waals surface area contributed by atoms with Crippen LogP contribution in [-0.4, -0.2) is 46.9 Å². The van der Waals surface area contributed by atoms with Crippen molar-refractivity contribution in [2.75, 3.05) is 31.5 Å². The monoisotopic (exact) mass is 386 g/mol. The summed E-state index contributed by atoms with van der Waals surface area (Å²) in [7, 11) is 0. The summed E-state index contributed by atoms with van der Waals surface area (Å²) in [5.74, 6) is -0.00204. The fourth-order valence-electron chi connectivity index (χ4n) is 3.61. The van der Waals surface area contributed by atoms with E-state index in [2.05, 4.69) is 52.5 Å². The Labute approximate surface area is 172 Å². The Kier molecular flexibility index (Phi) is 5.86. The normalized spacial score (nSPS) is 14.6. The molecule has 0 radical (unpaired) electrons. The number of benzene rings is 2. The van der Waals surface area contributed by atoms with Gasteiger partial charge < -0.3 is 10.2 Å². The molecule has 2 aromatic carbocycles. The number of aryl methyl sites for hydroxylation is 1. The van der Waals surface area contributed by atoms with Gasteiger partial charge in [-0.05, 0) is 36.2 Å². The van der Waals surface area contributed by atoms with E-state index in [9.17, 15) is 4.79 Å². The number of para-hydroxylation sites is 1. The summed E-state index contributed by atoms with van der Waals surface area (Å²) >= 11 is 0. The first-order valence-corrected chi connectivity index (χ1v) is 10.0. The molecule has 4 rings (SSSR count). The molecule has 1 fully saturated rings. The van der Waals surface area contributed by atoms with Crippen molar-refractivity contribution in [3.05, 3.63) is 89.7 Å². The van der Waals surface area contributed by atoms with Gasteiger partial charge in [-0.15, -0.1) is 0 Å². The Balaban J connectivity index is 1.37. The maximum absolute atomic E-state index is 13.0. The third-order valence-electron chi connectivity index (χ3n) is 5.31. The highest BCUT2D eigenvalue weighted by atomic mass is 16.2. The van der Waals surface area contributed by atoms with Crippen LogP contribution < -0.4 is 5.32 Å². The lowest BCUT2D eigenvalue weighted by atomic mass is 10.2. The molecule has 2 heterocycles. The predicted octanol–water partition coefficient (Wildman–Crippen LogP) is 4.09. The molecule has 0 unspecified atom stereocenters. The van der Waals surface area contributed by atoms with E-state index < -0.39 is 0 Å². The van der Waals surface area contributed by atoms with Gasteiger partial charge >= 0.3 is 0 Å². The number of amides is 1. The number of aromatic nitrogens is 1. The minimum atomic E-state index is -0.00204. The topological polar surface area (TPSA) is 48.5 Å². The molecule has 1 aliphatic rings. The molecule has 29 heavy (non-hydrogen) atoms. The van der Waals surface area contributed by atoms with Crippen LogP contribution in [0.15, 0.2) is 72.9 Å².